The van der Waals surface area contributed by atoms with E-state index < -0.39 is 0 Å². The summed E-state index contributed by atoms with van der Waals surface area (Å²) in [6.45, 7) is 2.90. The lowest BCUT2D eigenvalue weighted by Crippen LogP contribution is -2.44. The zero-order chi connectivity index (χ0) is 13.8. The summed E-state index contributed by atoms with van der Waals surface area (Å²) in [5, 5.41) is 9.02. The predicted molar refractivity (Wildman–Crippen MR) is 68.6 cm³/mol. The second kappa shape index (κ2) is 5.73. The molecule has 2 N–H and O–H groups in total. The lowest BCUT2D eigenvalue weighted by molar-refractivity contribution is -0.125. The third kappa shape index (κ3) is 3.24. The van der Waals surface area contributed by atoms with Crippen molar-refractivity contribution in [1.82, 2.24) is 15.4 Å². The molecule has 1 fully saturated rings. The number of anilines is 1. The van der Waals surface area contributed by atoms with Crippen LogP contribution < -0.4 is 10.6 Å². The Morgan fingerprint density at radius 3 is 2.63 bits per heavy atom. The fraction of sp³-hybridized carbons (Fsp3) is 0.583. The van der Waals surface area contributed by atoms with Crippen LogP contribution >= 0.6 is 0 Å². The summed E-state index contributed by atoms with van der Waals surface area (Å²) in [5.41, 5.74) is 0. The molecule has 1 aliphatic rings. The van der Waals surface area contributed by atoms with E-state index in [-0.39, 0.29) is 17.9 Å². The highest BCUT2D eigenvalue weighted by Crippen LogP contribution is 2.18. The van der Waals surface area contributed by atoms with Crippen LogP contribution in [0.3, 0.4) is 0 Å². The number of aryl methyl sites for hydroxylation is 1. The van der Waals surface area contributed by atoms with Crippen molar-refractivity contribution >= 4 is 17.8 Å². The van der Waals surface area contributed by atoms with Gasteiger partial charge in [-0.3, -0.25) is 10.1 Å². The van der Waals surface area contributed by atoms with Crippen LogP contribution in [0.15, 0.2) is 10.6 Å². The molecule has 0 spiro atoms. The van der Waals surface area contributed by atoms with E-state index in [0.29, 0.717) is 37.5 Å². The van der Waals surface area contributed by atoms with Gasteiger partial charge in [-0.05, 0) is 19.8 Å². The Balaban J connectivity index is 1.84. The number of nitrogens with one attached hydrogen (secondary N) is 2. The van der Waals surface area contributed by atoms with E-state index in [0.717, 1.165) is 0 Å². The van der Waals surface area contributed by atoms with Crippen LogP contribution in [0, 0.1) is 12.8 Å². The normalized spacial score (nSPS) is 16.2. The maximum absolute atomic E-state index is 12.0. The van der Waals surface area contributed by atoms with Gasteiger partial charge in [0.25, 0.3) is 0 Å². The number of carbonyl (C=O) groups excluding carboxylic acids is 2. The Morgan fingerprint density at radius 1 is 1.42 bits per heavy atom. The summed E-state index contributed by atoms with van der Waals surface area (Å²) >= 11 is 0. The average Bonchev–Trinajstić information content (AvgIpc) is 2.83. The van der Waals surface area contributed by atoms with Gasteiger partial charge in [0.05, 0.1) is 0 Å². The molecule has 0 aromatic carbocycles. The third-order valence-corrected chi connectivity index (χ3v) is 3.26. The Kier molecular flexibility index (Phi) is 4.03. The topological polar surface area (TPSA) is 87.5 Å². The van der Waals surface area contributed by atoms with Gasteiger partial charge in [-0.1, -0.05) is 5.16 Å². The maximum atomic E-state index is 12.0. The van der Waals surface area contributed by atoms with Gasteiger partial charge in [0, 0.05) is 32.1 Å². The monoisotopic (exact) mass is 266 g/mol. The van der Waals surface area contributed by atoms with E-state index in [4.69, 9.17) is 4.52 Å². The molecule has 7 heteroatoms. The van der Waals surface area contributed by atoms with Gasteiger partial charge < -0.3 is 14.7 Å². The summed E-state index contributed by atoms with van der Waals surface area (Å²) in [5.74, 6) is 1.11. The number of likely N-dealkylation sites (tertiary alicyclic amines) is 1. The Hall–Kier alpha value is -2.05. The molecule has 19 heavy (non-hydrogen) atoms. The molecule has 0 saturated carbocycles. The van der Waals surface area contributed by atoms with Crippen LogP contribution in [0.4, 0.5) is 10.6 Å². The number of hydrogen-bond acceptors (Lipinski definition) is 4. The van der Waals surface area contributed by atoms with Gasteiger partial charge in [-0.15, -0.1) is 0 Å². The van der Waals surface area contributed by atoms with Crippen molar-refractivity contribution in [2.24, 2.45) is 5.92 Å². The SMILES string of the molecule is CNC(=O)C1CCN(C(=O)Nc2cc(C)on2)CC1. The molecule has 3 amide bonds. The first-order valence-electron chi connectivity index (χ1n) is 6.31. The number of urea groups is 1. The fourth-order valence-electron chi connectivity index (χ4n) is 2.16. The van der Waals surface area contributed by atoms with Crippen molar-refractivity contribution < 1.29 is 14.1 Å². The first-order chi connectivity index (χ1) is 9.10. The second-order valence-electron chi connectivity index (χ2n) is 4.63. The standard InChI is InChI=1S/C12H18N4O3/c1-8-7-10(15-19-8)14-12(18)16-5-3-9(4-6-16)11(17)13-2/h7,9H,3-6H2,1-2H3,(H,13,17)(H,14,15,18). The quantitative estimate of drug-likeness (QED) is 0.835. The van der Waals surface area contributed by atoms with Crippen LogP contribution in [-0.4, -0.2) is 42.1 Å². The molecule has 1 saturated heterocycles. The smallest absolute Gasteiger partial charge is 0.323 e. The predicted octanol–water partition coefficient (Wildman–Crippen LogP) is 0.973. The maximum Gasteiger partial charge on any atom is 0.323 e. The molecule has 2 rings (SSSR count). The largest absolute Gasteiger partial charge is 0.360 e. The molecule has 1 aromatic rings. The highest BCUT2D eigenvalue weighted by Gasteiger charge is 2.26. The van der Waals surface area contributed by atoms with Crippen LogP contribution in [0.5, 0.6) is 0 Å². The summed E-state index contributed by atoms with van der Waals surface area (Å²) in [6.07, 6.45) is 1.37. The van der Waals surface area contributed by atoms with Crippen molar-refractivity contribution in [3.8, 4) is 0 Å². The number of rotatable bonds is 2. The Morgan fingerprint density at radius 2 is 2.11 bits per heavy atom. The van der Waals surface area contributed by atoms with E-state index in [1.54, 1.807) is 24.9 Å². The van der Waals surface area contributed by atoms with E-state index in [1.165, 1.54) is 0 Å². The highest BCUT2D eigenvalue weighted by molar-refractivity contribution is 5.88. The molecule has 0 radical (unpaired) electrons. The number of hydrogen-bond donors (Lipinski definition) is 2. The molecule has 1 aliphatic heterocycles. The first kappa shape index (κ1) is 13.4. The van der Waals surface area contributed by atoms with Crippen molar-refractivity contribution in [3.05, 3.63) is 11.8 Å². The molecule has 0 aliphatic carbocycles. The molecule has 7 nitrogen and oxygen atoms in total. The fourth-order valence-corrected chi connectivity index (χ4v) is 2.16. The average molecular weight is 266 g/mol. The number of aromatic nitrogens is 1. The van der Waals surface area contributed by atoms with Gasteiger partial charge in [0.2, 0.25) is 5.91 Å². The summed E-state index contributed by atoms with van der Waals surface area (Å²) < 4.78 is 4.88. The minimum Gasteiger partial charge on any atom is -0.360 e. The van der Waals surface area contributed by atoms with Crippen molar-refractivity contribution in [2.75, 3.05) is 25.5 Å². The zero-order valence-electron chi connectivity index (χ0n) is 11.1. The van der Waals surface area contributed by atoms with Crippen molar-refractivity contribution in [2.45, 2.75) is 19.8 Å². The molecular formula is C12H18N4O3. The van der Waals surface area contributed by atoms with Crippen LogP contribution in [0.1, 0.15) is 18.6 Å². The lowest BCUT2D eigenvalue weighted by Gasteiger charge is -2.30. The van der Waals surface area contributed by atoms with Crippen molar-refractivity contribution in [3.63, 3.8) is 0 Å². The Labute approximate surface area is 111 Å². The van der Waals surface area contributed by atoms with Crippen LogP contribution in [0.25, 0.3) is 0 Å². The minimum absolute atomic E-state index is 0.00310. The molecule has 0 atom stereocenters. The molecule has 2 heterocycles. The van der Waals surface area contributed by atoms with E-state index in [1.807, 2.05) is 0 Å². The van der Waals surface area contributed by atoms with Crippen LogP contribution in [0.2, 0.25) is 0 Å². The number of carbonyl (C=O) groups is 2. The highest BCUT2D eigenvalue weighted by atomic mass is 16.5. The van der Waals surface area contributed by atoms with Gasteiger partial charge in [-0.25, -0.2) is 4.79 Å². The van der Waals surface area contributed by atoms with E-state index in [2.05, 4.69) is 15.8 Å². The first-order valence-corrected chi connectivity index (χ1v) is 6.31. The lowest BCUT2D eigenvalue weighted by atomic mass is 9.96. The zero-order valence-corrected chi connectivity index (χ0v) is 11.1. The van der Waals surface area contributed by atoms with Crippen LogP contribution in [-0.2, 0) is 4.79 Å². The minimum atomic E-state index is -0.205. The van der Waals surface area contributed by atoms with Gasteiger partial charge in [-0.2, -0.15) is 0 Å². The van der Waals surface area contributed by atoms with Gasteiger partial charge >= 0.3 is 6.03 Å². The van der Waals surface area contributed by atoms with Crippen molar-refractivity contribution in [1.29, 1.82) is 0 Å². The molecule has 1 aromatic heterocycles. The number of piperidine rings is 1. The number of amides is 3. The molecule has 104 valence electrons. The third-order valence-electron chi connectivity index (χ3n) is 3.26. The number of nitrogens with zero attached hydrogens (tertiary/aromatic N) is 2. The summed E-state index contributed by atoms with van der Waals surface area (Å²) in [4.78, 5) is 25.1. The summed E-state index contributed by atoms with van der Waals surface area (Å²) in [7, 11) is 1.63. The molecule has 0 unspecified atom stereocenters. The molecule has 0 bridgehead atoms. The molecular weight excluding hydrogens is 248 g/mol. The van der Waals surface area contributed by atoms with Gasteiger partial charge in [0.1, 0.15) is 5.76 Å². The summed E-state index contributed by atoms with van der Waals surface area (Å²) in [6, 6.07) is 1.46. The Bertz CT molecular complexity index is 463. The second-order valence-corrected chi connectivity index (χ2v) is 4.63. The van der Waals surface area contributed by atoms with Gasteiger partial charge in [0.15, 0.2) is 5.82 Å². The van der Waals surface area contributed by atoms with E-state index >= 15 is 0 Å². The van der Waals surface area contributed by atoms with E-state index in [9.17, 15) is 9.59 Å².